The van der Waals surface area contributed by atoms with Gasteiger partial charge in [0.15, 0.2) is 0 Å². The lowest BCUT2D eigenvalue weighted by atomic mass is 10.1. The van der Waals surface area contributed by atoms with Crippen LogP contribution >= 0.6 is 7.14 Å². The minimum atomic E-state index is -2.47. The van der Waals surface area contributed by atoms with Crippen molar-refractivity contribution in [1.29, 1.82) is 0 Å². The molecule has 0 spiro atoms. The zero-order valence-electron chi connectivity index (χ0n) is 14.6. The van der Waals surface area contributed by atoms with Crippen molar-refractivity contribution in [2.45, 2.75) is 38.9 Å². The summed E-state index contributed by atoms with van der Waals surface area (Å²) in [5.74, 6) is 0. The van der Waals surface area contributed by atoms with Crippen molar-refractivity contribution in [3.63, 3.8) is 0 Å². The Morgan fingerprint density at radius 1 is 0.957 bits per heavy atom. The van der Waals surface area contributed by atoms with E-state index in [2.05, 4.69) is 57.3 Å². The molecule has 0 unspecified atom stereocenters. The van der Waals surface area contributed by atoms with Crippen LogP contribution in [0.15, 0.2) is 60.7 Å². The summed E-state index contributed by atoms with van der Waals surface area (Å²) in [4.78, 5) is 0. The Bertz CT molecular complexity index is 646. The number of benzene rings is 2. The molecule has 0 aliphatic carbocycles. The molecule has 0 saturated carbocycles. The fraction of sp³-hybridized carbons (Fsp3) is 0.400. The minimum Gasteiger partial charge on any atom is -0.318 e. The van der Waals surface area contributed by atoms with Gasteiger partial charge >= 0.3 is 0 Å². The second-order valence-corrected chi connectivity index (χ2v) is 10.8. The van der Waals surface area contributed by atoms with Gasteiger partial charge in [-0.1, -0.05) is 81.4 Å². The molecule has 23 heavy (non-hydrogen) atoms. The lowest BCUT2D eigenvalue weighted by molar-refractivity contribution is 0.545. The number of nitrogens with one attached hydrogen (secondary N) is 1. The third kappa shape index (κ3) is 4.34. The maximum absolute atomic E-state index is 13.7. The van der Waals surface area contributed by atoms with E-state index in [1.807, 2.05) is 36.4 Å². The van der Waals surface area contributed by atoms with Gasteiger partial charge in [0.25, 0.3) is 0 Å². The van der Waals surface area contributed by atoms with Crippen LogP contribution in [0.25, 0.3) is 0 Å². The second kappa shape index (κ2) is 7.47. The van der Waals surface area contributed by atoms with Gasteiger partial charge in [-0.25, -0.2) is 0 Å². The van der Waals surface area contributed by atoms with Crippen LogP contribution in [-0.2, 0) is 4.57 Å². The average Bonchev–Trinajstić information content (AvgIpc) is 2.55. The third-order valence-corrected chi connectivity index (χ3v) is 8.59. The third-order valence-electron chi connectivity index (χ3n) is 4.43. The van der Waals surface area contributed by atoms with Crippen LogP contribution in [-0.4, -0.2) is 17.9 Å². The number of rotatable bonds is 6. The van der Waals surface area contributed by atoms with E-state index >= 15 is 0 Å². The molecule has 0 saturated heterocycles. The molecule has 124 valence electrons. The van der Waals surface area contributed by atoms with Gasteiger partial charge in [0, 0.05) is 29.2 Å². The van der Waals surface area contributed by atoms with Gasteiger partial charge in [0.1, 0.15) is 7.14 Å². The van der Waals surface area contributed by atoms with E-state index in [9.17, 15) is 4.57 Å². The summed E-state index contributed by atoms with van der Waals surface area (Å²) in [5.41, 5.74) is 1.26. The summed E-state index contributed by atoms with van der Waals surface area (Å²) >= 11 is 0. The molecule has 0 amide bonds. The van der Waals surface area contributed by atoms with Crippen LogP contribution in [0.3, 0.4) is 0 Å². The van der Waals surface area contributed by atoms with Crippen molar-refractivity contribution in [2.24, 2.45) is 0 Å². The van der Waals surface area contributed by atoms with Gasteiger partial charge in [-0.2, -0.15) is 0 Å². The van der Waals surface area contributed by atoms with E-state index < -0.39 is 7.14 Å². The monoisotopic (exact) mass is 329 g/mol. The first kappa shape index (κ1) is 18.0. The van der Waals surface area contributed by atoms with Crippen LogP contribution in [0.2, 0.25) is 0 Å². The van der Waals surface area contributed by atoms with Gasteiger partial charge in [-0.3, -0.25) is 0 Å². The van der Waals surface area contributed by atoms with Crippen molar-refractivity contribution in [2.75, 3.05) is 12.7 Å². The Morgan fingerprint density at radius 2 is 1.48 bits per heavy atom. The highest BCUT2D eigenvalue weighted by atomic mass is 31.2. The summed E-state index contributed by atoms with van der Waals surface area (Å²) in [6, 6.07) is 20.6. The van der Waals surface area contributed by atoms with E-state index in [0.717, 1.165) is 11.8 Å². The Hall–Kier alpha value is -1.37. The highest BCUT2D eigenvalue weighted by Crippen LogP contribution is 2.56. The van der Waals surface area contributed by atoms with Crippen LogP contribution in [0.1, 0.15) is 39.3 Å². The summed E-state index contributed by atoms with van der Waals surface area (Å²) in [7, 11) is -2.47. The Balaban J connectivity index is 2.07. The maximum atomic E-state index is 13.7. The largest absolute Gasteiger partial charge is 0.318 e. The van der Waals surface area contributed by atoms with E-state index in [1.54, 1.807) is 0 Å². The van der Waals surface area contributed by atoms with Crippen LogP contribution in [0, 0.1) is 0 Å². The molecular weight excluding hydrogens is 301 g/mol. The van der Waals surface area contributed by atoms with E-state index in [1.165, 1.54) is 5.56 Å². The van der Waals surface area contributed by atoms with Crippen molar-refractivity contribution in [3.05, 3.63) is 66.2 Å². The zero-order valence-corrected chi connectivity index (χ0v) is 15.5. The van der Waals surface area contributed by atoms with Gasteiger partial charge in [-0.15, -0.1) is 0 Å². The van der Waals surface area contributed by atoms with Crippen LogP contribution < -0.4 is 10.6 Å². The predicted octanol–water partition coefficient (Wildman–Crippen LogP) is 4.82. The number of hydrogen-bond donors (Lipinski definition) is 1. The second-order valence-electron chi connectivity index (χ2n) is 7.06. The SMILES string of the molecule is C[C@H](NCC[P@](=O)(c1ccccc1)C(C)(C)C)c1ccccc1. The molecule has 0 aliphatic heterocycles. The van der Waals surface area contributed by atoms with E-state index in [4.69, 9.17) is 0 Å². The molecule has 0 bridgehead atoms. The molecule has 3 heteroatoms. The average molecular weight is 329 g/mol. The fourth-order valence-corrected chi connectivity index (χ4v) is 5.62. The summed E-state index contributed by atoms with van der Waals surface area (Å²) in [6.45, 7) is 9.16. The molecule has 0 aromatic heterocycles. The van der Waals surface area contributed by atoms with Gasteiger partial charge in [0.2, 0.25) is 0 Å². The zero-order chi connectivity index (χ0) is 16.9. The lowest BCUT2D eigenvalue weighted by Gasteiger charge is -2.32. The quantitative estimate of drug-likeness (QED) is 0.770. The van der Waals surface area contributed by atoms with Crippen molar-refractivity contribution < 1.29 is 4.57 Å². The normalized spacial score (nSPS) is 15.8. The molecule has 0 heterocycles. The lowest BCUT2D eigenvalue weighted by Crippen LogP contribution is -2.30. The Labute approximate surface area is 140 Å². The maximum Gasteiger partial charge on any atom is 0.121 e. The Morgan fingerprint density at radius 3 is 2.00 bits per heavy atom. The van der Waals surface area contributed by atoms with Gasteiger partial charge in [0.05, 0.1) is 0 Å². The standard InChI is InChI=1S/C20H28NOP/c1-17(18-11-7-5-8-12-18)21-15-16-23(22,20(2,3)4)19-13-9-6-10-14-19/h5-14,17,21H,15-16H2,1-4H3/t17-,23-/m0/s1. The van der Waals surface area contributed by atoms with Crippen molar-refractivity contribution >= 4 is 12.4 Å². The molecular formula is C20H28NOP. The van der Waals surface area contributed by atoms with Crippen LogP contribution in [0.5, 0.6) is 0 Å². The molecule has 1 N–H and O–H groups in total. The molecule has 2 rings (SSSR count). The highest BCUT2D eigenvalue weighted by molar-refractivity contribution is 7.73. The van der Waals surface area contributed by atoms with Gasteiger partial charge < -0.3 is 9.88 Å². The molecule has 0 fully saturated rings. The van der Waals surface area contributed by atoms with Crippen molar-refractivity contribution in [1.82, 2.24) is 5.32 Å². The molecule has 2 nitrogen and oxygen atoms in total. The summed E-state index contributed by atoms with van der Waals surface area (Å²) < 4.78 is 13.7. The first-order valence-corrected chi connectivity index (χ1v) is 10.2. The molecule has 2 aromatic rings. The summed E-state index contributed by atoms with van der Waals surface area (Å²) in [6.07, 6.45) is 0.678. The first-order valence-electron chi connectivity index (χ1n) is 8.28. The Kier molecular flexibility index (Phi) is 5.84. The van der Waals surface area contributed by atoms with E-state index in [-0.39, 0.29) is 11.2 Å². The minimum absolute atomic E-state index is 0.230. The molecule has 2 atom stereocenters. The molecule has 0 radical (unpaired) electrons. The topological polar surface area (TPSA) is 29.1 Å². The van der Waals surface area contributed by atoms with Gasteiger partial charge in [-0.05, 0) is 12.5 Å². The number of hydrogen-bond acceptors (Lipinski definition) is 2. The fourth-order valence-electron chi connectivity index (χ4n) is 2.82. The highest BCUT2D eigenvalue weighted by Gasteiger charge is 2.37. The molecule has 2 aromatic carbocycles. The van der Waals surface area contributed by atoms with Crippen LogP contribution in [0.4, 0.5) is 0 Å². The molecule has 0 aliphatic rings. The smallest absolute Gasteiger partial charge is 0.121 e. The first-order chi connectivity index (χ1) is 10.8. The van der Waals surface area contributed by atoms with E-state index in [0.29, 0.717) is 6.16 Å². The van der Waals surface area contributed by atoms with Crippen molar-refractivity contribution in [3.8, 4) is 0 Å². The summed E-state index contributed by atoms with van der Waals surface area (Å²) in [5, 5.41) is 4.28. The predicted molar refractivity (Wildman–Crippen MR) is 101 cm³/mol.